The molecule has 3 aromatic rings. The average molecular weight is 412 g/mol. The number of H-pyrrole nitrogens is 1. The first-order chi connectivity index (χ1) is 13.9. The number of hydrogen-bond acceptors (Lipinski definition) is 6. The number of carbonyl (C=O) groups excluding carboxylic acids is 1. The summed E-state index contributed by atoms with van der Waals surface area (Å²) in [5, 5.41) is 2.07. The van der Waals surface area contributed by atoms with Crippen molar-refractivity contribution in [3.63, 3.8) is 0 Å². The molecule has 9 heteroatoms. The number of amides is 1. The van der Waals surface area contributed by atoms with Crippen LogP contribution in [-0.4, -0.2) is 46.1 Å². The van der Waals surface area contributed by atoms with Gasteiger partial charge in [-0.15, -0.1) is 11.8 Å². The van der Waals surface area contributed by atoms with Crippen molar-refractivity contribution in [1.82, 2.24) is 15.0 Å². The zero-order valence-electron chi connectivity index (χ0n) is 18.5. The number of aromatic nitrogens is 3. The van der Waals surface area contributed by atoms with Gasteiger partial charge in [0.2, 0.25) is 0 Å². The van der Waals surface area contributed by atoms with Crippen LogP contribution in [0.1, 0.15) is 24.9 Å². The first-order valence-corrected chi connectivity index (χ1v) is 10.4. The van der Waals surface area contributed by atoms with E-state index >= 15 is 0 Å². The Balaban J connectivity index is 2.35. The second kappa shape index (κ2) is 7.20. The van der Waals surface area contributed by atoms with E-state index in [-0.39, 0.29) is 11.2 Å². The van der Waals surface area contributed by atoms with Crippen molar-refractivity contribution in [3.8, 4) is 0 Å². The van der Waals surface area contributed by atoms with Crippen LogP contribution >= 0.6 is 23.5 Å². The van der Waals surface area contributed by atoms with Crippen molar-refractivity contribution in [2.24, 2.45) is 0 Å². The third-order valence-electron chi connectivity index (χ3n) is 3.64. The van der Waals surface area contributed by atoms with Crippen LogP contribution in [0.25, 0.3) is 21.9 Å². The number of anilines is 1. The van der Waals surface area contributed by atoms with Gasteiger partial charge < -0.3 is 9.72 Å². The van der Waals surface area contributed by atoms with Crippen molar-refractivity contribution in [2.75, 3.05) is 24.4 Å². The molecular formula is C18H21FN4O2S2. The van der Waals surface area contributed by atoms with Gasteiger partial charge in [-0.1, -0.05) is 11.8 Å². The van der Waals surface area contributed by atoms with Crippen molar-refractivity contribution in [1.29, 1.82) is 0 Å². The lowest BCUT2D eigenvalue weighted by atomic mass is 10.1. The Morgan fingerprint density at radius 3 is 2.63 bits per heavy atom. The van der Waals surface area contributed by atoms with Crippen LogP contribution in [0.15, 0.2) is 22.3 Å². The normalized spacial score (nSPS) is 14.1. The van der Waals surface area contributed by atoms with E-state index in [0.717, 1.165) is 6.07 Å². The molecule has 0 spiro atoms. The van der Waals surface area contributed by atoms with Gasteiger partial charge in [-0.05, 0) is 45.4 Å². The van der Waals surface area contributed by atoms with Crippen LogP contribution in [-0.2, 0) is 4.74 Å². The number of rotatable bonds is 3. The number of carbonyl (C=O) groups is 1. The quantitative estimate of drug-likeness (QED) is 0.369. The fraction of sp³-hybridized carbons (Fsp3) is 0.389. The molecule has 6 nitrogen and oxygen atoms in total. The van der Waals surface area contributed by atoms with Gasteiger partial charge >= 0.3 is 6.09 Å². The number of hydrogen-bond donors (Lipinski definition) is 1. The molecule has 27 heavy (non-hydrogen) atoms. The van der Waals surface area contributed by atoms with Gasteiger partial charge in [0.1, 0.15) is 22.1 Å². The van der Waals surface area contributed by atoms with Gasteiger partial charge in [0.05, 0.1) is 16.6 Å². The Hall–Kier alpha value is -2.00. The number of nitrogens with one attached hydrogen (secondary N) is 1. The van der Waals surface area contributed by atoms with E-state index in [4.69, 9.17) is 8.85 Å². The zero-order chi connectivity index (χ0) is 22.4. The van der Waals surface area contributed by atoms with Crippen LogP contribution in [0, 0.1) is 5.82 Å². The summed E-state index contributed by atoms with van der Waals surface area (Å²) in [6, 6.07) is 2.27. The molecular weight excluding hydrogens is 387 g/mol. The highest BCUT2D eigenvalue weighted by atomic mass is 32.2. The number of nitrogens with zero attached hydrogens (tertiary/aromatic N) is 3. The maximum absolute atomic E-state index is 14.6. The highest BCUT2D eigenvalue weighted by molar-refractivity contribution is 7.99. The maximum Gasteiger partial charge on any atom is 0.414 e. The first kappa shape index (κ1) is 16.0. The Morgan fingerprint density at radius 1 is 1.30 bits per heavy atom. The summed E-state index contributed by atoms with van der Waals surface area (Å²) in [6.07, 6.45) is 2.56. The molecule has 1 N–H and O–H groups in total. The van der Waals surface area contributed by atoms with Crippen LogP contribution < -0.4 is 4.90 Å². The summed E-state index contributed by atoms with van der Waals surface area (Å²) in [5.41, 5.74) is -0.403. The minimum atomic E-state index is -2.90. The van der Waals surface area contributed by atoms with E-state index in [9.17, 15) is 9.18 Å². The molecule has 0 saturated carbocycles. The third-order valence-corrected chi connectivity index (χ3v) is 4.87. The van der Waals surface area contributed by atoms with Gasteiger partial charge in [-0.3, -0.25) is 4.90 Å². The predicted molar refractivity (Wildman–Crippen MR) is 110 cm³/mol. The summed E-state index contributed by atoms with van der Waals surface area (Å²) in [4.78, 5) is 25.2. The predicted octanol–water partition coefficient (Wildman–Crippen LogP) is 5.07. The molecule has 0 saturated heterocycles. The lowest BCUT2D eigenvalue weighted by Gasteiger charge is -2.25. The minimum absolute atomic E-state index is 0.157. The van der Waals surface area contributed by atoms with E-state index in [1.807, 2.05) is 12.5 Å². The molecule has 1 amide bonds. The SMILES string of the molecule is [2H]C([2H])([2H])N(C(=O)OC(C)(C)C)c1cc(F)cc2c1[nH]c1nc(SC)nc(SC)c12. The van der Waals surface area contributed by atoms with Crippen LogP contribution in [0.5, 0.6) is 0 Å². The largest absolute Gasteiger partial charge is 0.443 e. The number of halogens is 1. The summed E-state index contributed by atoms with van der Waals surface area (Å²) >= 11 is 2.71. The molecule has 0 atom stereocenters. The number of fused-ring (bicyclic) bond motifs is 3. The summed E-state index contributed by atoms with van der Waals surface area (Å²) in [7, 11) is 0. The first-order valence-electron chi connectivity index (χ1n) is 9.50. The van der Waals surface area contributed by atoms with Crippen molar-refractivity contribution >= 4 is 57.2 Å². The molecule has 144 valence electrons. The number of benzene rings is 1. The Kier molecular flexibility index (Phi) is 4.27. The smallest absolute Gasteiger partial charge is 0.414 e. The van der Waals surface area contributed by atoms with Gasteiger partial charge in [0, 0.05) is 16.5 Å². The lowest BCUT2D eigenvalue weighted by Crippen LogP contribution is -2.34. The second-order valence-corrected chi connectivity index (χ2v) is 8.30. The molecule has 2 heterocycles. The van der Waals surface area contributed by atoms with Crippen molar-refractivity contribution in [2.45, 2.75) is 36.6 Å². The summed E-state index contributed by atoms with van der Waals surface area (Å²) in [5.74, 6) is -0.697. The van der Waals surface area contributed by atoms with Gasteiger partial charge in [0.15, 0.2) is 5.16 Å². The Labute approximate surface area is 169 Å². The monoisotopic (exact) mass is 411 g/mol. The fourth-order valence-corrected chi connectivity index (χ4v) is 3.63. The molecule has 0 aliphatic carbocycles. The molecule has 0 aliphatic rings. The molecule has 0 bridgehead atoms. The lowest BCUT2D eigenvalue weighted by molar-refractivity contribution is 0.0589. The highest BCUT2D eigenvalue weighted by Crippen LogP contribution is 2.37. The van der Waals surface area contributed by atoms with E-state index in [2.05, 4.69) is 15.0 Å². The molecule has 0 fully saturated rings. The average Bonchev–Trinajstić information content (AvgIpc) is 2.96. The number of aromatic amines is 1. The van der Waals surface area contributed by atoms with Crippen molar-refractivity contribution in [3.05, 3.63) is 17.9 Å². The number of thioether (sulfide) groups is 2. The van der Waals surface area contributed by atoms with E-state index in [0.29, 0.717) is 31.5 Å². The molecule has 3 rings (SSSR count). The maximum atomic E-state index is 14.6. The van der Waals surface area contributed by atoms with Gasteiger partial charge in [-0.25, -0.2) is 19.2 Å². The summed E-state index contributed by atoms with van der Waals surface area (Å²) < 4.78 is 43.5. The highest BCUT2D eigenvalue weighted by Gasteiger charge is 2.24. The molecule has 0 unspecified atom stereocenters. The van der Waals surface area contributed by atoms with E-state index in [1.54, 1.807) is 20.8 Å². The number of ether oxygens (including phenoxy) is 1. The van der Waals surface area contributed by atoms with Crippen LogP contribution in [0.4, 0.5) is 14.9 Å². The van der Waals surface area contributed by atoms with Crippen LogP contribution in [0.2, 0.25) is 0 Å². The molecule has 2 aromatic heterocycles. The zero-order valence-corrected chi connectivity index (χ0v) is 17.1. The molecule has 0 aliphatic heterocycles. The third kappa shape index (κ3) is 3.84. The molecule has 1 aromatic carbocycles. The van der Waals surface area contributed by atoms with Crippen molar-refractivity contribution < 1.29 is 18.0 Å². The standard InChI is InChI=1S/C18H21FN4O2S2/c1-18(2,3)25-17(24)23(4)11-8-9(19)7-10-12-14(20-13(10)11)21-16(27-6)22-15(12)26-5/h7-8H,1-6H3,(H,20,21,22)/i4D3. The Morgan fingerprint density at radius 2 is 2.04 bits per heavy atom. The minimum Gasteiger partial charge on any atom is -0.443 e. The topological polar surface area (TPSA) is 71.1 Å². The van der Waals surface area contributed by atoms with E-state index < -0.39 is 24.5 Å². The van der Waals surface area contributed by atoms with Gasteiger partial charge in [0.25, 0.3) is 0 Å². The fourth-order valence-electron chi connectivity index (χ4n) is 2.61. The second-order valence-electron chi connectivity index (χ2n) is 6.73. The Bertz CT molecular complexity index is 1130. The molecule has 0 radical (unpaired) electrons. The van der Waals surface area contributed by atoms with Gasteiger partial charge in [-0.2, -0.15) is 0 Å². The summed E-state index contributed by atoms with van der Waals surface area (Å²) in [6.45, 7) is 1.96. The van der Waals surface area contributed by atoms with Crippen LogP contribution in [0.3, 0.4) is 0 Å². The van der Waals surface area contributed by atoms with E-state index in [1.165, 1.54) is 29.6 Å².